The summed E-state index contributed by atoms with van der Waals surface area (Å²) in [5.74, 6) is 0. The van der Waals surface area contributed by atoms with Gasteiger partial charge in [0.05, 0.1) is 0 Å². The van der Waals surface area contributed by atoms with Crippen molar-refractivity contribution in [2.45, 2.75) is 24.9 Å². The number of halogens is 2. The Labute approximate surface area is 99.7 Å². The minimum absolute atomic E-state index is 0.0406. The molecule has 0 aromatic heterocycles. The first-order chi connectivity index (χ1) is 7.09. The molecule has 0 aliphatic heterocycles. The molecule has 2 nitrogen and oxygen atoms in total. The molecular formula is C11H14Cl2N2. The summed E-state index contributed by atoms with van der Waals surface area (Å²) in [6, 6.07) is 5.54. The summed E-state index contributed by atoms with van der Waals surface area (Å²) in [6.07, 6.45) is 2.24. The highest BCUT2D eigenvalue weighted by molar-refractivity contribution is 6.35. The monoisotopic (exact) mass is 244 g/mol. The lowest BCUT2D eigenvalue weighted by Crippen LogP contribution is -2.35. The van der Waals surface area contributed by atoms with Gasteiger partial charge in [0.25, 0.3) is 0 Å². The maximum Gasteiger partial charge on any atom is 0.0465 e. The Morgan fingerprint density at radius 3 is 2.67 bits per heavy atom. The first-order valence-corrected chi connectivity index (χ1v) is 5.78. The van der Waals surface area contributed by atoms with Crippen LogP contribution in [0.15, 0.2) is 18.2 Å². The molecule has 0 bridgehead atoms. The van der Waals surface area contributed by atoms with E-state index in [1.165, 1.54) is 0 Å². The lowest BCUT2D eigenvalue weighted by molar-refractivity contribution is 0.569. The van der Waals surface area contributed by atoms with E-state index >= 15 is 0 Å². The number of rotatable bonds is 4. The van der Waals surface area contributed by atoms with Gasteiger partial charge in [0.2, 0.25) is 0 Å². The van der Waals surface area contributed by atoms with Gasteiger partial charge in [0.1, 0.15) is 0 Å². The average Bonchev–Trinajstić information content (AvgIpc) is 2.88. The normalized spacial score (nSPS) is 17.8. The van der Waals surface area contributed by atoms with Crippen molar-refractivity contribution < 1.29 is 0 Å². The molecule has 1 aromatic carbocycles. The standard InChI is InChI=1S/C11H14Cl2N2/c12-9-2-1-8(10(13)5-9)6-15-7-11(14)3-4-11/h1-2,5,15H,3-4,6-7,14H2. The zero-order valence-corrected chi connectivity index (χ0v) is 9.91. The number of nitrogens with two attached hydrogens (primary N) is 1. The second-order valence-electron chi connectivity index (χ2n) is 4.20. The van der Waals surface area contributed by atoms with Crippen molar-refractivity contribution in [3.8, 4) is 0 Å². The molecule has 15 heavy (non-hydrogen) atoms. The highest BCUT2D eigenvalue weighted by atomic mass is 35.5. The Morgan fingerprint density at radius 2 is 2.07 bits per heavy atom. The zero-order chi connectivity index (χ0) is 10.9. The van der Waals surface area contributed by atoms with Gasteiger partial charge in [-0.05, 0) is 30.5 Å². The van der Waals surface area contributed by atoms with E-state index in [-0.39, 0.29) is 5.54 Å². The van der Waals surface area contributed by atoms with Crippen LogP contribution in [0.3, 0.4) is 0 Å². The molecule has 0 atom stereocenters. The first-order valence-electron chi connectivity index (χ1n) is 5.03. The minimum atomic E-state index is 0.0406. The maximum atomic E-state index is 6.04. The van der Waals surface area contributed by atoms with Gasteiger partial charge < -0.3 is 11.1 Å². The predicted molar refractivity (Wildman–Crippen MR) is 64.3 cm³/mol. The van der Waals surface area contributed by atoms with Crippen LogP contribution in [0.5, 0.6) is 0 Å². The molecule has 1 aliphatic carbocycles. The minimum Gasteiger partial charge on any atom is -0.324 e. The molecule has 1 fully saturated rings. The molecule has 0 saturated heterocycles. The summed E-state index contributed by atoms with van der Waals surface area (Å²) in [7, 11) is 0. The molecular weight excluding hydrogens is 231 g/mol. The van der Waals surface area contributed by atoms with Crippen molar-refractivity contribution in [1.29, 1.82) is 0 Å². The zero-order valence-electron chi connectivity index (χ0n) is 8.39. The van der Waals surface area contributed by atoms with Crippen molar-refractivity contribution in [3.05, 3.63) is 33.8 Å². The van der Waals surface area contributed by atoms with Crippen LogP contribution in [0.25, 0.3) is 0 Å². The van der Waals surface area contributed by atoms with Crippen molar-refractivity contribution in [2.24, 2.45) is 5.73 Å². The molecule has 3 N–H and O–H groups in total. The van der Waals surface area contributed by atoms with E-state index in [2.05, 4.69) is 5.32 Å². The molecule has 0 heterocycles. The number of benzene rings is 1. The largest absolute Gasteiger partial charge is 0.324 e. The maximum absolute atomic E-state index is 6.04. The quantitative estimate of drug-likeness (QED) is 0.855. The fraction of sp³-hybridized carbons (Fsp3) is 0.455. The molecule has 0 spiro atoms. The number of hydrogen-bond donors (Lipinski definition) is 2. The Kier molecular flexibility index (Phi) is 3.21. The third-order valence-corrected chi connectivity index (χ3v) is 3.29. The lowest BCUT2D eigenvalue weighted by Gasteiger charge is -2.11. The van der Waals surface area contributed by atoms with Gasteiger partial charge in [-0.3, -0.25) is 0 Å². The van der Waals surface area contributed by atoms with E-state index in [1.807, 2.05) is 12.1 Å². The second kappa shape index (κ2) is 4.30. The second-order valence-corrected chi connectivity index (χ2v) is 5.05. The third-order valence-electron chi connectivity index (χ3n) is 2.70. The Bertz CT molecular complexity index is 362. The van der Waals surface area contributed by atoms with E-state index in [4.69, 9.17) is 28.9 Å². The van der Waals surface area contributed by atoms with Crippen LogP contribution in [0.2, 0.25) is 10.0 Å². The van der Waals surface area contributed by atoms with Crippen molar-refractivity contribution >= 4 is 23.2 Å². The van der Waals surface area contributed by atoms with E-state index in [1.54, 1.807) is 6.07 Å². The Balaban J connectivity index is 1.87. The van der Waals surface area contributed by atoms with Gasteiger partial charge in [-0.25, -0.2) is 0 Å². The molecule has 2 rings (SSSR count). The SMILES string of the molecule is NC1(CNCc2ccc(Cl)cc2Cl)CC1. The fourth-order valence-corrected chi connectivity index (χ4v) is 1.92. The Hall–Kier alpha value is -0.280. The van der Waals surface area contributed by atoms with E-state index in [0.717, 1.165) is 31.5 Å². The molecule has 0 amide bonds. The van der Waals surface area contributed by atoms with Crippen molar-refractivity contribution in [3.63, 3.8) is 0 Å². The summed E-state index contributed by atoms with van der Waals surface area (Å²) in [5, 5.41) is 4.69. The van der Waals surface area contributed by atoms with Gasteiger partial charge in [-0.2, -0.15) is 0 Å². The Morgan fingerprint density at radius 1 is 1.33 bits per heavy atom. The van der Waals surface area contributed by atoms with E-state index < -0.39 is 0 Å². The first kappa shape index (κ1) is 11.2. The molecule has 1 saturated carbocycles. The molecule has 0 radical (unpaired) electrons. The summed E-state index contributed by atoms with van der Waals surface area (Å²) in [5.41, 5.74) is 7.06. The molecule has 1 aliphatic rings. The van der Waals surface area contributed by atoms with Gasteiger partial charge >= 0.3 is 0 Å². The smallest absolute Gasteiger partial charge is 0.0465 e. The summed E-state index contributed by atoms with van der Waals surface area (Å²) in [6.45, 7) is 1.60. The van der Waals surface area contributed by atoms with Gasteiger partial charge in [-0.15, -0.1) is 0 Å². The highest BCUT2D eigenvalue weighted by Crippen LogP contribution is 2.31. The summed E-state index contributed by atoms with van der Waals surface area (Å²) >= 11 is 11.8. The fourth-order valence-electron chi connectivity index (χ4n) is 1.45. The van der Waals surface area contributed by atoms with Gasteiger partial charge in [0.15, 0.2) is 0 Å². The van der Waals surface area contributed by atoms with Crippen LogP contribution in [-0.2, 0) is 6.54 Å². The lowest BCUT2D eigenvalue weighted by atomic mass is 10.2. The highest BCUT2D eigenvalue weighted by Gasteiger charge is 2.37. The van der Waals surface area contributed by atoms with Crippen LogP contribution in [-0.4, -0.2) is 12.1 Å². The number of hydrogen-bond acceptors (Lipinski definition) is 2. The van der Waals surface area contributed by atoms with Crippen LogP contribution in [0, 0.1) is 0 Å². The van der Waals surface area contributed by atoms with Crippen LogP contribution >= 0.6 is 23.2 Å². The van der Waals surface area contributed by atoms with Crippen LogP contribution in [0.4, 0.5) is 0 Å². The van der Waals surface area contributed by atoms with Crippen molar-refractivity contribution in [2.75, 3.05) is 6.54 Å². The molecule has 1 aromatic rings. The molecule has 0 unspecified atom stereocenters. The topological polar surface area (TPSA) is 38.0 Å². The molecule has 82 valence electrons. The number of nitrogens with one attached hydrogen (secondary N) is 1. The predicted octanol–water partition coefficient (Wildman–Crippen LogP) is 2.57. The third kappa shape index (κ3) is 3.08. The van der Waals surface area contributed by atoms with E-state index in [0.29, 0.717) is 10.0 Å². The average molecular weight is 245 g/mol. The van der Waals surface area contributed by atoms with Crippen LogP contribution in [0.1, 0.15) is 18.4 Å². The molecule has 4 heteroatoms. The van der Waals surface area contributed by atoms with Gasteiger partial charge in [-0.1, -0.05) is 29.3 Å². The summed E-state index contributed by atoms with van der Waals surface area (Å²) in [4.78, 5) is 0. The van der Waals surface area contributed by atoms with Gasteiger partial charge in [0, 0.05) is 28.7 Å². The summed E-state index contributed by atoms with van der Waals surface area (Å²) < 4.78 is 0. The van der Waals surface area contributed by atoms with E-state index in [9.17, 15) is 0 Å². The van der Waals surface area contributed by atoms with Crippen LogP contribution < -0.4 is 11.1 Å². The van der Waals surface area contributed by atoms with Crippen molar-refractivity contribution in [1.82, 2.24) is 5.32 Å².